The zero-order chi connectivity index (χ0) is 15.2. The highest BCUT2D eigenvalue weighted by atomic mass is 14.9. The van der Waals surface area contributed by atoms with Crippen LogP contribution in [0.15, 0.2) is 30.9 Å². The molecule has 0 aliphatic heterocycles. The van der Waals surface area contributed by atoms with Crippen LogP contribution in [0.1, 0.15) is 41.8 Å². The van der Waals surface area contributed by atoms with Gasteiger partial charge in [-0.1, -0.05) is 19.3 Å². The van der Waals surface area contributed by atoms with Crippen molar-refractivity contribution in [3.63, 3.8) is 0 Å². The first-order chi connectivity index (χ1) is 11.4. The Labute approximate surface area is 134 Å². The quantitative estimate of drug-likeness (QED) is 0.801. The van der Waals surface area contributed by atoms with Gasteiger partial charge in [0.25, 0.3) is 0 Å². The summed E-state index contributed by atoms with van der Waals surface area (Å²) in [6.07, 6.45) is 16.1. The standard InChI is InChI=1S/C19H18N4/c1-2-12(3-1)6-18-21-11-17-16(10-22-19(17)23-18)14-7-13-4-5-20-9-15(13)8-14/h4-5,8-12H,1-3,6-7H2,(H,21,22,23). The number of H-pyrrole nitrogens is 1. The van der Waals surface area contributed by atoms with E-state index in [1.54, 1.807) is 0 Å². The molecule has 3 aromatic heterocycles. The van der Waals surface area contributed by atoms with Gasteiger partial charge in [-0.2, -0.15) is 0 Å². The molecule has 1 fully saturated rings. The van der Waals surface area contributed by atoms with Crippen LogP contribution in [-0.2, 0) is 12.8 Å². The minimum absolute atomic E-state index is 0.793. The summed E-state index contributed by atoms with van der Waals surface area (Å²) in [5.41, 5.74) is 6.05. The van der Waals surface area contributed by atoms with Crippen molar-refractivity contribution in [2.45, 2.75) is 32.1 Å². The van der Waals surface area contributed by atoms with Crippen molar-refractivity contribution < 1.29 is 0 Å². The Balaban J connectivity index is 1.49. The van der Waals surface area contributed by atoms with E-state index in [0.717, 1.165) is 35.6 Å². The van der Waals surface area contributed by atoms with E-state index in [1.165, 1.54) is 41.5 Å². The molecule has 2 aliphatic carbocycles. The molecular weight excluding hydrogens is 284 g/mol. The van der Waals surface area contributed by atoms with Crippen molar-refractivity contribution in [3.8, 4) is 0 Å². The van der Waals surface area contributed by atoms with Crippen molar-refractivity contribution in [2.24, 2.45) is 5.92 Å². The third-order valence-electron chi connectivity index (χ3n) is 5.18. The molecule has 0 amide bonds. The third-order valence-corrected chi connectivity index (χ3v) is 5.18. The smallest absolute Gasteiger partial charge is 0.141 e. The second kappa shape index (κ2) is 5.01. The summed E-state index contributed by atoms with van der Waals surface area (Å²) in [5.74, 6) is 1.77. The predicted octanol–water partition coefficient (Wildman–Crippen LogP) is 3.79. The monoisotopic (exact) mass is 302 g/mol. The van der Waals surface area contributed by atoms with Crippen LogP contribution in [0.25, 0.3) is 22.7 Å². The molecule has 0 radical (unpaired) electrons. The minimum Gasteiger partial charge on any atom is -0.345 e. The summed E-state index contributed by atoms with van der Waals surface area (Å²) in [6, 6.07) is 2.10. The highest BCUT2D eigenvalue weighted by molar-refractivity contribution is 5.98. The van der Waals surface area contributed by atoms with E-state index < -0.39 is 0 Å². The van der Waals surface area contributed by atoms with Crippen LogP contribution in [0, 0.1) is 5.92 Å². The molecule has 0 bridgehead atoms. The van der Waals surface area contributed by atoms with E-state index in [4.69, 9.17) is 4.98 Å². The van der Waals surface area contributed by atoms with Crippen LogP contribution in [-0.4, -0.2) is 19.9 Å². The second-order valence-corrected chi connectivity index (χ2v) is 6.67. The van der Waals surface area contributed by atoms with Crippen LogP contribution in [0.3, 0.4) is 0 Å². The summed E-state index contributed by atoms with van der Waals surface area (Å²) in [5, 5.41) is 1.12. The topological polar surface area (TPSA) is 54.5 Å². The lowest BCUT2D eigenvalue weighted by atomic mass is 9.83. The minimum atomic E-state index is 0.793. The van der Waals surface area contributed by atoms with E-state index in [1.807, 2.05) is 18.6 Å². The summed E-state index contributed by atoms with van der Waals surface area (Å²) in [4.78, 5) is 16.9. The fourth-order valence-corrected chi connectivity index (χ4v) is 3.61. The maximum absolute atomic E-state index is 4.73. The van der Waals surface area contributed by atoms with E-state index in [2.05, 4.69) is 33.3 Å². The van der Waals surface area contributed by atoms with Gasteiger partial charge in [-0.15, -0.1) is 0 Å². The van der Waals surface area contributed by atoms with Gasteiger partial charge >= 0.3 is 0 Å². The lowest BCUT2D eigenvalue weighted by Crippen LogP contribution is -2.15. The number of aromatic nitrogens is 4. The van der Waals surface area contributed by atoms with Crippen molar-refractivity contribution in [1.29, 1.82) is 0 Å². The van der Waals surface area contributed by atoms with E-state index in [9.17, 15) is 0 Å². The van der Waals surface area contributed by atoms with Crippen LogP contribution < -0.4 is 0 Å². The number of nitrogens with zero attached hydrogens (tertiary/aromatic N) is 3. The fraction of sp³-hybridized carbons (Fsp3) is 0.316. The molecule has 0 atom stereocenters. The number of hydrogen-bond acceptors (Lipinski definition) is 3. The Bertz CT molecular complexity index is 918. The van der Waals surface area contributed by atoms with E-state index >= 15 is 0 Å². The molecule has 0 spiro atoms. The van der Waals surface area contributed by atoms with E-state index in [0.29, 0.717) is 0 Å². The molecule has 1 saturated carbocycles. The molecule has 2 aliphatic rings. The fourth-order valence-electron chi connectivity index (χ4n) is 3.61. The normalized spacial score (nSPS) is 17.1. The van der Waals surface area contributed by atoms with Crippen LogP contribution >= 0.6 is 0 Å². The number of rotatable bonds is 3. The molecular formula is C19H18N4. The SMILES string of the molecule is C1=C(c2c[nH]c3nc(CC4CCC4)ncc23)Cc2ccncc21. The number of hydrogen-bond donors (Lipinski definition) is 1. The van der Waals surface area contributed by atoms with Gasteiger partial charge in [-0.25, -0.2) is 9.97 Å². The second-order valence-electron chi connectivity index (χ2n) is 6.67. The Morgan fingerprint density at radius 1 is 1.22 bits per heavy atom. The van der Waals surface area contributed by atoms with Crippen molar-refractivity contribution in [3.05, 3.63) is 53.4 Å². The highest BCUT2D eigenvalue weighted by Crippen LogP contribution is 2.34. The van der Waals surface area contributed by atoms with Crippen molar-refractivity contribution in [2.75, 3.05) is 0 Å². The van der Waals surface area contributed by atoms with Gasteiger partial charge in [0.2, 0.25) is 0 Å². The van der Waals surface area contributed by atoms with Crippen LogP contribution in [0.4, 0.5) is 0 Å². The first kappa shape index (κ1) is 13.0. The Hall–Kier alpha value is -2.49. The summed E-state index contributed by atoms with van der Waals surface area (Å²) in [6.45, 7) is 0. The van der Waals surface area contributed by atoms with Gasteiger partial charge in [0, 0.05) is 42.2 Å². The first-order valence-electron chi connectivity index (χ1n) is 8.33. The lowest BCUT2D eigenvalue weighted by Gasteiger charge is -2.24. The molecule has 0 unspecified atom stereocenters. The van der Waals surface area contributed by atoms with Crippen molar-refractivity contribution in [1.82, 2.24) is 19.9 Å². The Morgan fingerprint density at radius 2 is 2.17 bits per heavy atom. The molecule has 4 nitrogen and oxygen atoms in total. The first-order valence-corrected chi connectivity index (χ1v) is 8.33. The molecule has 4 heteroatoms. The third kappa shape index (κ3) is 2.17. The van der Waals surface area contributed by atoms with Gasteiger partial charge < -0.3 is 4.98 Å². The summed E-state index contributed by atoms with van der Waals surface area (Å²) in [7, 11) is 0. The summed E-state index contributed by atoms with van der Waals surface area (Å²) < 4.78 is 0. The number of aromatic amines is 1. The molecule has 114 valence electrons. The molecule has 23 heavy (non-hydrogen) atoms. The molecule has 0 saturated heterocycles. The largest absolute Gasteiger partial charge is 0.345 e. The average molecular weight is 302 g/mol. The molecule has 3 heterocycles. The van der Waals surface area contributed by atoms with Crippen LogP contribution in [0.5, 0.6) is 0 Å². The molecule has 0 aromatic carbocycles. The maximum Gasteiger partial charge on any atom is 0.141 e. The van der Waals surface area contributed by atoms with E-state index in [-0.39, 0.29) is 0 Å². The number of nitrogens with one attached hydrogen (secondary N) is 1. The van der Waals surface area contributed by atoms with Gasteiger partial charge in [0.1, 0.15) is 11.5 Å². The lowest BCUT2D eigenvalue weighted by molar-refractivity contribution is 0.309. The predicted molar refractivity (Wildman–Crippen MR) is 90.7 cm³/mol. The van der Waals surface area contributed by atoms with Gasteiger partial charge in [-0.05, 0) is 41.2 Å². The van der Waals surface area contributed by atoms with Gasteiger partial charge in [0.05, 0.1) is 0 Å². The van der Waals surface area contributed by atoms with Gasteiger partial charge in [0.15, 0.2) is 0 Å². The zero-order valence-corrected chi connectivity index (χ0v) is 12.9. The van der Waals surface area contributed by atoms with Crippen molar-refractivity contribution >= 4 is 22.7 Å². The maximum atomic E-state index is 4.73. The number of allylic oxidation sites excluding steroid dienone is 1. The highest BCUT2D eigenvalue weighted by Gasteiger charge is 2.21. The molecule has 1 N–H and O–H groups in total. The number of pyridine rings is 1. The Kier molecular flexibility index (Phi) is 2.83. The average Bonchev–Trinajstić information content (AvgIpc) is 3.13. The zero-order valence-electron chi connectivity index (χ0n) is 12.9. The number of fused-ring (bicyclic) bond motifs is 2. The van der Waals surface area contributed by atoms with Crippen LogP contribution in [0.2, 0.25) is 0 Å². The molecule has 3 aromatic rings. The Morgan fingerprint density at radius 3 is 3.00 bits per heavy atom. The summed E-state index contributed by atoms with van der Waals surface area (Å²) >= 11 is 0. The molecule has 5 rings (SSSR count). The van der Waals surface area contributed by atoms with Gasteiger partial charge in [-0.3, -0.25) is 4.98 Å².